The van der Waals surface area contributed by atoms with Crippen molar-refractivity contribution in [2.24, 2.45) is 28.6 Å². The molecule has 0 aromatic heterocycles. The van der Waals surface area contributed by atoms with E-state index in [1.54, 1.807) is 63.2 Å². The highest BCUT2D eigenvalue weighted by Crippen LogP contribution is 2.63. The predicted molar refractivity (Wildman–Crippen MR) is 220 cm³/mol. The molecule has 1 aliphatic heterocycles. The lowest BCUT2D eigenvalue weighted by Gasteiger charge is -2.62. The Kier molecular flexibility index (Phi) is 12.8. The van der Waals surface area contributed by atoms with E-state index in [0.717, 1.165) is 12.5 Å². The fourth-order valence-electron chi connectivity index (χ4n) is 10.3. The molecule has 4 fully saturated rings. The molecule has 4 aliphatic carbocycles. The highest BCUT2D eigenvalue weighted by Gasteiger charge is 2.72. The van der Waals surface area contributed by atoms with E-state index in [-0.39, 0.29) is 42.3 Å². The van der Waals surface area contributed by atoms with Crippen LogP contribution < -0.4 is 5.32 Å². The topological polar surface area (TPSA) is 231 Å². The molecule has 338 valence electrons. The molecule has 16 heteroatoms. The molecule has 2 bridgehead atoms. The van der Waals surface area contributed by atoms with Gasteiger partial charge in [0.25, 0.3) is 0 Å². The third kappa shape index (κ3) is 8.53. The van der Waals surface area contributed by atoms with Crippen molar-refractivity contribution in [2.45, 2.75) is 122 Å². The Morgan fingerprint density at radius 1 is 0.937 bits per heavy atom. The van der Waals surface area contributed by atoms with Crippen molar-refractivity contribution in [1.29, 1.82) is 0 Å². The van der Waals surface area contributed by atoms with Crippen molar-refractivity contribution in [3.63, 3.8) is 0 Å². The number of aliphatic hydroxyl groups is 3. The van der Waals surface area contributed by atoms with E-state index in [1.165, 1.54) is 32.2 Å². The summed E-state index contributed by atoms with van der Waals surface area (Å²) >= 11 is 0. The molecule has 16 nitrogen and oxygen atoms in total. The number of benzene rings is 2. The van der Waals surface area contributed by atoms with E-state index in [4.69, 9.17) is 28.4 Å². The van der Waals surface area contributed by atoms with Gasteiger partial charge in [0.2, 0.25) is 0 Å². The summed E-state index contributed by atoms with van der Waals surface area (Å²) in [5.74, 6) is -6.88. The van der Waals surface area contributed by atoms with Crippen LogP contribution in [0.5, 0.6) is 0 Å². The minimum Gasteiger partial charge on any atom is -0.456 e. The number of ketones is 1. The van der Waals surface area contributed by atoms with Crippen LogP contribution in [0.15, 0.2) is 83.6 Å². The molecule has 1 heterocycles. The molecule has 63 heavy (non-hydrogen) atoms. The summed E-state index contributed by atoms with van der Waals surface area (Å²) in [4.78, 5) is 82.0. The molecule has 4 N–H and O–H groups in total. The van der Waals surface area contributed by atoms with Crippen LogP contribution in [0.1, 0.15) is 83.1 Å². The number of hydrogen-bond donors (Lipinski definition) is 4. The molecule has 1 amide bonds. The zero-order valence-electron chi connectivity index (χ0n) is 36.1. The van der Waals surface area contributed by atoms with Crippen LogP contribution >= 0.6 is 0 Å². The van der Waals surface area contributed by atoms with Gasteiger partial charge in [-0.2, -0.15) is 0 Å². The van der Waals surface area contributed by atoms with E-state index in [1.807, 2.05) is 6.07 Å². The number of ether oxygens (including phenoxy) is 6. The molecule has 1 saturated heterocycles. The number of rotatable bonds is 11. The second-order valence-corrected chi connectivity index (χ2v) is 18.1. The summed E-state index contributed by atoms with van der Waals surface area (Å²) in [6.07, 6.45) is -8.16. The fourth-order valence-corrected chi connectivity index (χ4v) is 10.3. The molecule has 7 rings (SSSR count). The first-order valence-electron chi connectivity index (χ1n) is 21.2. The first-order chi connectivity index (χ1) is 29.8. The largest absolute Gasteiger partial charge is 0.456 e. The Labute approximate surface area is 364 Å². The van der Waals surface area contributed by atoms with Gasteiger partial charge < -0.3 is 49.1 Å². The number of alkyl carbamates (subject to hydrolysis) is 1. The molecule has 2 aromatic carbocycles. The molecule has 0 spiro atoms. The van der Waals surface area contributed by atoms with Gasteiger partial charge in [-0.1, -0.05) is 62.4 Å². The molecule has 0 radical (unpaired) electrons. The predicted octanol–water partition coefficient (Wildman–Crippen LogP) is 4.03. The highest BCUT2D eigenvalue weighted by atomic mass is 16.6. The molecular formula is C47H55NO15. The first kappa shape index (κ1) is 45.6. The lowest BCUT2D eigenvalue weighted by Crippen LogP contribution is -2.73. The number of fused-ring (bicyclic) bond motifs is 5. The van der Waals surface area contributed by atoms with E-state index >= 15 is 4.79 Å². The number of carbonyl (C=O) groups excluding carboxylic acids is 6. The molecule has 5 aliphatic rings. The van der Waals surface area contributed by atoms with Crippen LogP contribution in [0.25, 0.3) is 0 Å². The van der Waals surface area contributed by atoms with Gasteiger partial charge in [0.15, 0.2) is 18.0 Å². The van der Waals surface area contributed by atoms with Gasteiger partial charge >= 0.3 is 30.0 Å². The maximum Gasteiger partial charge on any atom is 0.407 e. The normalized spacial score (nSPS) is 32.4. The molecule has 2 aromatic rings. The minimum atomic E-state index is -2.31. The van der Waals surface area contributed by atoms with E-state index in [0.29, 0.717) is 18.4 Å². The van der Waals surface area contributed by atoms with Gasteiger partial charge in [0, 0.05) is 43.9 Å². The van der Waals surface area contributed by atoms with Crippen LogP contribution in [0.3, 0.4) is 0 Å². The van der Waals surface area contributed by atoms with Crippen molar-refractivity contribution in [3.05, 3.63) is 94.8 Å². The average molecular weight is 874 g/mol. The summed E-state index contributed by atoms with van der Waals surface area (Å²) in [6, 6.07) is 15.8. The van der Waals surface area contributed by atoms with E-state index in [2.05, 4.69) is 5.32 Å². The number of amides is 1. The maximum atomic E-state index is 15.5. The van der Waals surface area contributed by atoms with E-state index < -0.39 is 113 Å². The van der Waals surface area contributed by atoms with E-state index in [9.17, 15) is 39.3 Å². The lowest BCUT2D eigenvalue weighted by molar-refractivity contribution is -0.235. The van der Waals surface area contributed by atoms with Crippen molar-refractivity contribution < 1.29 is 72.5 Å². The SMILES string of the molecule is CC(=O)O/C=C1/CO[C@@H]2C[C@H](O)[C@@]3(C)C(=O)[C@H](OC(C)=O)C4=C(C)[C@@H](OC(=O)[C@H](O)C(NC(=O)OCc5ccccc5)C5CC5)C[C@@](O)([C@@H](OC(=O)c5ccccc5)[C@@H]3C12)C4(C)C. The Bertz CT molecular complexity index is 2180. The van der Waals surface area contributed by atoms with Crippen molar-refractivity contribution in [2.75, 3.05) is 6.61 Å². The standard InChI is InChI=1S/C47H55NO15/c1-24-32(62-43(55)38(52)37(28-17-18-28)48-44(56)60-21-27-13-9-7-10-14-27)20-47(57)41(63-42(54)29-15-11-8-12-16-29)36-34-30(22-58-25(2)49)23-59-31(34)19-33(51)46(36,6)40(53)39(61-26(3)50)35(24)45(47,4)5/h7-16,22,28,31-34,36-39,41,51-52,57H,17-21,23H2,1-6H3,(H,48,56)/b30-22-/t31-,32+,33+,34?,36+,37?,38-,39-,41+,46-,47-/m1/s1. The van der Waals surface area contributed by atoms with Crippen molar-refractivity contribution in [1.82, 2.24) is 5.32 Å². The number of carbonyl (C=O) groups is 6. The van der Waals surface area contributed by atoms with Crippen LogP contribution in [-0.2, 0) is 54.2 Å². The first-order valence-corrected chi connectivity index (χ1v) is 21.2. The quantitative estimate of drug-likeness (QED) is 0.108. The summed E-state index contributed by atoms with van der Waals surface area (Å²) in [6.45, 7) is 8.37. The molecular weight excluding hydrogens is 819 g/mol. The molecule has 3 saturated carbocycles. The maximum absolute atomic E-state index is 15.5. The Morgan fingerprint density at radius 3 is 2.21 bits per heavy atom. The minimum absolute atomic E-state index is 0.0400. The zero-order chi connectivity index (χ0) is 45.6. The second kappa shape index (κ2) is 17.6. The third-order valence-electron chi connectivity index (χ3n) is 13.9. The summed E-state index contributed by atoms with van der Waals surface area (Å²) in [5.41, 5.74) is -4.39. The van der Waals surface area contributed by atoms with Crippen LogP contribution in [0, 0.1) is 28.6 Å². The smallest absolute Gasteiger partial charge is 0.407 e. The Morgan fingerprint density at radius 2 is 1.59 bits per heavy atom. The number of hydrogen-bond acceptors (Lipinski definition) is 15. The van der Waals surface area contributed by atoms with Crippen LogP contribution in [-0.4, -0.2) is 106 Å². The van der Waals surface area contributed by atoms with Crippen LogP contribution in [0.2, 0.25) is 0 Å². The number of aliphatic hydroxyl groups excluding tert-OH is 2. The van der Waals surface area contributed by atoms with Crippen molar-refractivity contribution >= 4 is 35.8 Å². The second-order valence-electron chi connectivity index (χ2n) is 18.1. The average Bonchev–Trinajstić information content (AvgIpc) is 4.02. The lowest BCUT2D eigenvalue weighted by atomic mass is 9.46. The van der Waals surface area contributed by atoms with Gasteiger partial charge in [0.05, 0.1) is 42.1 Å². The summed E-state index contributed by atoms with van der Waals surface area (Å²) < 4.78 is 35.2. The summed E-state index contributed by atoms with van der Waals surface area (Å²) in [5, 5.41) is 40.0. The van der Waals surface area contributed by atoms with Crippen LogP contribution in [0.4, 0.5) is 4.79 Å². The van der Waals surface area contributed by atoms with Gasteiger partial charge in [-0.25, -0.2) is 14.4 Å². The number of Topliss-reactive ketones (excluding diaryl/α,β-unsaturated/α-hetero) is 1. The molecule has 2 unspecified atom stereocenters. The van der Waals surface area contributed by atoms with Gasteiger partial charge in [-0.3, -0.25) is 14.4 Å². The Balaban J connectivity index is 1.33. The highest BCUT2D eigenvalue weighted by molar-refractivity contribution is 5.95. The monoisotopic (exact) mass is 873 g/mol. The number of nitrogens with one attached hydrogen (secondary N) is 1. The zero-order valence-corrected chi connectivity index (χ0v) is 36.1. The number of esters is 4. The van der Waals surface area contributed by atoms with Gasteiger partial charge in [-0.15, -0.1) is 0 Å². The molecule has 11 atom stereocenters. The fraction of sp³-hybridized carbons (Fsp3) is 0.532. The third-order valence-corrected chi connectivity index (χ3v) is 13.9. The summed E-state index contributed by atoms with van der Waals surface area (Å²) in [7, 11) is 0. The van der Waals surface area contributed by atoms with Gasteiger partial charge in [-0.05, 0) is 67.0 Å². The van der Waals surface area contributed by atoms with Crippen molar-refractivity contribution in [3.8, 4) is 0 Å². The Hall–Kier alpha value is -5.42. The van der Waals surface area contributed by atoms with Gasteiger partial charge in [0.1, 0.15) is 24.4 Å².